The largest absolute Gasteiger partial charge is 0.495 e. The van der Waals surface area contributed by atoms with Crippen LogP contribution >= 0.6 is 0 Å². The smallest absolute Gasteiger partial charge is 0.264 e. The van der Waals surface area contributed by atoms with E-state index >= 15 is 0 Å². The number of rotatable bonds is 13. The summed E-state index contributed by atoms with van der Waals surface area (Å²) in [5, 5.41) is 12.2. The highest BCUT2D eigenvalue weighted by Gasteiger charge is 2.46. The van der Waals surface area contributed by atoms with E-state index in [4.69, 9.17) is 9.72 Å². The maximum absolute atomic E-state index is 13.5. The summed E-state index contributed by atoms with van der Waals surface area (Å²) in [4.78, 5) is 97.1. The third kappa shape index (κ3) is 8.72. The molecule has 3 aromatic rings. The van der Waals surface area contributed by atoms with Crippen molar-refractivity contribution >= 4 is 64.3 Å². The average molecular weight is 890 g/mol. The van der Waals surface area contributed by atoms with Crippen molar-refractivity contribution in [3.63, 3.8) is 0 Å². The molecule has 344 valence electrons. The molecule has 0 radical (unpaired) electrons. The van der Waals surface area contributed by atoms with Crippen LogP contribution in [0.25, 0.3) is 0 Å². The minimum Gasteiger partial charge on any atom is -0.495 e. The topological polar surface area (TPSA) is 202 Å². The van der Waals surface area contributed by atoms with Gasteiger partial charge >= 0.3 is 0 Å². The number of nitrogens with one attached hydrogen (secondary N) is 4. The molecule has 6 aliphatic rings. The van der Waals surface area contributed by atoms with Gasteiger partial charge in [-0.3, -0.25) is 48.8 Å². The van der Waals surface area contributed by atoms with Gasteiger partial charge in [0, 0.05) is 82.1 Å². The molecular formula is C47H59N11O7. The van der Waals surface area contributed by atoms with Crippen LogP contribution in [0.5, 0.6) is 5.75 Å². The van der Waals surface area contributed by atoms with E-state index in [0.29, 0.717) is 53.3 Å². The van der Waals surface area contributed by atoms with E-state index in [-0.39, 0.29) is 53.9 Å². The third-order valence-corrected chi connectivity index (χ3v) is 14.3. The number of hydrogen-bond donors (Lipinski definition) is 4. The van der Waals surface area contributed by atoms with Gasteiger partial charge in [-0.2, -0.15) is 4.98 Å². The van der Waals surface area contributed by atoms with E-state index in [0.717, 1.165) is 94.8 Å². The molecule has 65 heavy (non-hydrogen) atoms. The number of ether oxygens (including phenoxy) is 1. The second-order valence-electron chi connectivity index (χ2n) is 18.1. The van der Waals surface area contributed by atoms with Crippen molar-refractivity contribution in [3.05, 3.63) is 59.3 Å². The molecule has 9 rings (SSSR count). The summed E-state index contributed by atoms with van der Waals surface area (Å²) in [6.45, 7) is 7.10. The first-order valence-corrected chi connectivity index (χ1v) is 23.3. The number of piperazine rings is 1. The second kappa shape index (κ2) is 18.8. The summed E-state index contributed by atoms with van der Waals surface area (Å²) in [5.41, 5.74) is 2.94. The molecule has 1 unspecified atom stereocenters. The van der Waals surface area contributed by atoms with E-state index in [1.54, 1.807) is 55.6 Å². The quantitative estimate of drug-likeness (QED) is 0.180. The van der Waals surface area contributed by atoms with E-state index in [9.17, 15) is 28.8 Å². The number of carbonyl (C=O) groups excluding carboxylic acids is 6. The van der Waals surface area contributed by atoms with Gasteiger partial charge in [0.1, 0.15) is 23.5 Å². The van der Waals surface area contributed by atoms with Crippen LogP contribution in [0.4, 0.5) is 28.8 Å². The van der Waals surface area contributed by atoms with Crippen LogP contribution in [-0.2, 0) is 14.4 Å². The lowest BCUT2D eigenvalue weighted by Crippen LogP contribution is -2.55. The lowest BCUT2D eigenvalue weighted by atomic mass is 9.89. The van der Waals surface area contributed by atoms with Crippen LogP contribution in [0.2, 0.25) is 0 Å². The van der Waals surface area contributed by atoms with Crippen LogP contribution in [0.3, 0.4) is 0 Å². The van der Waals surface area contributed by atoms with E-state index in [1.807, 2.05) is 13.0 Å². The zero-order valence-corrected chi connectivity index (χ0v) is 37.4. The highest BCUT2D eigenvalue weighted by atomic mass is 16.5. The Morgan fingerprint density at radius 1 is 0.892 bits per heavy atom. The van der Waals surface area contributed by atoms with Crippen LogP contribution in [-0.4, -0.2) is 144 Å². The predicted octanol–water partition coefficient (Wildman–Crippen LogP) is 3.90. The SMILES string of the molecule is CC[C@@H]1C(=O)N(C)c2cnc(Nc3ccc(C(=O)NC4CCC(N5CCN(CCNc6cccc7c6C(=O)N(C6CCC(=O)NC6=O)C7=O)CC5)CC4)cc3OC)nc2N1C1CCCC1. The Balaban J connectivity index is 0.734. The number of methoxy groups -OCH3 is 1. The first-order chi connectivity index (χ1) is 31.5. The van der Waals surface area contributed by atoms with Gasteiger partial charge in [0.2, 0.25) is 23.7 Å². The first-order valence-electron chi connectivity index (χ1n) is 23.3. The van der Waals surface area contributed by atoms with Crippen LogP contribution in [0.1, 0.15) is 109 Å². The molecule has 2 saturated heterocycles. The Morgan fingerprint density at radius 3 is 2.38 bits per heavy atom. The molecule has 18 nitrogen and oxygen atoms in total. The van der Waals surface area contributed by atoms with Gasteiger partial charge < -0.3 is 30.5 Å². The van der Waals surface area contributed by atoms with Gasteiger partial charge in [0.25, 0.3) is 17.7 Å². The first kappa shape index (κ1) is 44.1. The van der Waals surface area contributed by atoms with Gasteiger partial charge in [-0.15, -0.1) is 0 Å². The summed E-state index contributed by atoms with van der Waals surface area (Å²) in [6, 6.07) is 9.99. The molecule has 2 aromatic carbocycles. The Morgan fingerprint density at radius 2 is 1.66 bits per heavy atom. The normalized spacial score (nSPS) is 24.2. The number of hydrogen-bond acceptors (Lipinski definition) is 14. The minimum absolute atomic E-state index is 0.0668. The lowest BCUT2D eigenvalue weighted by molar-refractivity contribution is -0.136. The Hall–Kier alpha value is -6.14. The number of piperidine rings is 1. The maximum Gasteiger partial charge on any atom is 0.264 e. The third-order valence-electron chi connectivity index (χ3n) is 14.3. The molecular weight excluding hydrogens is 831 g/mol. The molecule has 18 heteroatoms. The van der Waals surface area contributed by atoms with Crippen molar-refractivity contribution in [1.82, 2.24) is 35.3 Å². The second-order valence-corrected chi connectivity index (χ2v) is 18.1. The van der Waals surface area contributed by atoms with Crippen LogP contribution in [0.15, 0.2) is 42.6 Å². The number of fused-ring (bicyclic) bond motifs is 2. The fourth-order valence-corrected chi connectivity index (χ4v) is 10.7. The molecule has 4 aliphatic heterocycles. The fraction of sp³-hybridized carbons (Fsp3) is 0.532. The molecule has 2 aliphatic carbocycles. The van der Waals surface area contributed by atoms with Crippen molar-refractivity contribution in [2.45, 2.75) is 108 Å². The maximum atomic E-state index is 13.5. The van der Waals surface area contributed by atoms with Crippen LogP contribution in [0, 0.1) is 0 Å². The Labute approximate surface area is 378 Å². The van der Waals surface area contributed by atoms with Gasteiger partial charge in [-0.25, -0.2) is 4.98 Å². The number of benzene rings is 2. The summed E-state index contributed by atoms with van der Waals surface area (Å²) in [5.74, 6) is -0.481. The van der Waals surface area contributed by atoms with E-state index < -0.39 is 29.7 Å². The number of nitrogens with zero attached hydrogens (tertiary/aromatic N) is 7. The number of aromatic nitrogens is 2. The monoisotopic (exact) mass is 889 g/mol. The molecule has 4 N–H and O–H groups in total. The molecule has 2 atom stereocenters. The Bertz CT molecular complexity index is 2360. The van der Waals surface area contributed by atoms with E-state index in [2.05, 4.69) is 41.0 Å². The number of amides is 6. The van der Waals surface area contributed by atoms with Crippen molar-refractivity contribution in [1.29, 1.82) is 0 Å². The fourth-order valence-electron chi connectivity index (χ4n) is 10.7. The van der Waals surface area contributed by atoms with E-state index in [1.165, 1.54) is 0 Å². The molecule has 1 aromatic heterocycles. The standard InChI is InChI=1S/C47H59N11O7/c1-4-35-45(63)54(2)37-27-49-47(53-41(37)57(35)31-8-5-6-9-31)51-33-17-12-28(26-38(33)65-3)42(60)50-29-13-15-30(16-14-29)56-24-22-55(23-25-56)21-20-48-34-11-7-10-32-40(34)46(64)58(44(32)62)36-18-19-39(59)52-43(36)61/h7,10-12,17,26-27,29-31,35-36,48H,4-6,8-9,13-16,18-25H2,1-3H3,(H,50,60)(H,49,51,53)(H,52,59,61)/t29?,30?,35-,36?/m1/s1. The Kier molecular flexibility index (Phi) is 12.7. The average Bonchev–Trinajstić information content (AvgIpc) is 3.94. The van der Waals surface area contributed by atoms with Crippen molar-refractivity contribution in [3.8, 4) is 5.75 Å². The summed E-state index contributed by atoms with van der Waals surface area (Å²) < 4.78 is 5.74. The van der Waals surface area contributed by atoms with Crippen LogP contribution < -0.4 is 35.8 Å². The summed E-state index contributed by atoms with van der Waals surface area (Å²) in [6.07, 6.45) is 10.7. The molecule has 4 fully saturated rings. The number of anilines is 5. The summed E-state index contributed by atoms with van der Waals surface area (Å²) >= 11 is 0. The number of likely N-dealkylation sites (N-methyl/N-ethyl adjacent to an activating group) is 1. The molecule has 5 heterocycles. The number of imide groups is 2. The van der Waals surface area contributed by atoms with Crippen molar-refractivity contribution in [2.24, 2.45) is 0 Å². The van der Waals surface area contributed by atoms with Gasteiger partial charge in [-0.05, 0) is 81.7 Å². The van der Waals surface area contributed by atoms with Gasteiger partial charge in [-0.1, -0.05) is 25.8 Å². The zero-order valence-electron chi connectivity index (χ0n) is 37.4. The van der Waals surface area contributed by atoms with Crippen molar-refractivity contribution in [2.75, 3.05) is 73.9 Å². The number of carbonyl (C=O) groups is 6. The highest BCUT2D eigenvalue weighted by Crippen LogP contribution is 2.41. The zero-order chi connectivity index (χ0) is 45.4. The van der Waals surface area contributed by atoms with Crippen molar-refractivity contribution < 1.29 is 33.5 Å². The minimum atomic E-state index is -1.000. The summed E-state index contributed by atoms with van der Waals surface area (Å²) in [7, 11) is 3.36. The lowest BCUT2D eigenvalue weighted by Gasteiger charge is -2.43. The molecule has 2 saturated carbocycles. The molecule has 0 spiro atoms. The molecule has 6 amide bonds. The van der Waals surface area contributed by atoms with Gasteiger partial charge in [0.15, 0.2) is 5.82 Å². The predicted molar refractivity (Wildman–Crippen MR) is 244 cm³/mol. The highest BCUT2D eigenvalue weighted by molar-refractivity contribution is 6.25. The van der Waals surface area contributed by atoms with Gasteiger partial charge in [0.05, 0.1) is 30.1 Å². The molecule has 0 bridgehead atoms.